The molecule has 2 aromatic carbocycles. The Morgan fingerprint density at radius 1 is 0.903 bits per heavy atom. The number of rotatable bonds is 8. The highest BCUT2D eigenvalue weighted by atomic mass is 16.4. The molecule has 166 valence electrons. The zero-order chi connectivity index (χ0) is 22.7. The number of fused-ring (bicyclic) bond motifs is 1. The van der Waals surface area contributed by atoms with Crippen molar-refractivity contribution in [2.45, 2.75) is 65.2 Å². The standard InChI is InChI=1S/C25H30O6/c1-4-6-7-8-9-14(3)17-13-18-21(12-15(17)5-2)31-25(24(30)22(18)28)16-10-19(26)23(29)20(27)11-16/h10-14,26-27,29-30H,4-9H2,1-3H3. The van der Waals surface area contributed by atoms with E-state index in [4.69, 9.17) is 4.42 Å². The molecule has 6 nitrogen and oxygen atoms in total. The molecule has 0 bridgehead atoms. The second-order valence-electron chi connectivity index (χ2n) is 8.12. The molecule has 4 N–H and O–H groups in total. The van der Waals surface area contributed by atoms with Crippen molar-refractivity contribution in [1.82, 2.24) is 0 Å². The maximum absolute atomic E-state index is 12.9. The van der Waals surface area contributed by atoms with E-state index in [-0.39, 0.29) is 17.2 Å². The van der Waals surface area contributed by atoms with Gasteiger partial charge >= 0.3 is 0 Å². The van der Waals surface area contributed by atoms with Crippen molar-refractivity contribution in [3.8, 4) is 34.3 Å². The van der Waals surface area contributed by atoms with E-state index in [2.05, 4.69) is 13.8 Å². The third-order valence-corrected chi connectivity index (χ3v) is 5.86. The molecule has 1 atom stereocenters. The summed E-state index contributed by atoms with van der Waals surface area (Å²) in [5.41, 5.74) is 1.99. The summed E-state index contributed by atoms with van der Waals surface area (Å²) in [4.78, 5) is 12.9. The van der Waals surface area contributed by atoms with Crippen LogP contribution in [0.4, 0.5) is 0 Å². The van der Waals surface area contributed by atoms with Crippen LogP contribution in [0.1, 0.15) is 69.9 Å². The smallest absolute Gasteiger partial charge is 0.235 e. The Hall–Kier alpha value is -3.15. The molecule has 1 heterocycles. The molecule has 0 saturated carbocycles. The van der Waals surface area contributed by atoms with Gasteiger partial charge in [0, 0.05) is 5.56 Å². The van der Waals surface area contributed by atoms with Crippen molar-refractivity contribution in [3.05, 3.63) is 45.6 Å². The minimum Gasteiger partial charge on any atom is -0.504 e. The van der Waals surface area contributed by atoms with Gasteiger partial charge in [-0.25, -0.2) is 0 Å². The third-order valence-electron chi connectivity index (χ3n) is 5.86. The maximum Gasteiger partial charge on any atom is 0.235 e. The van der Waals surface area contributed by atoms with Gasteiger partial charge in [0.25, 0.3) is 0 Å². The monoisotopic (exact) mass is 426 g/mol. The van der Waals surface area contributed by atoms with Gasteiger partial charge in [0.1, 0.15) is 5.58 Å². The molecule has 3 rings (SSSR count). The first kappa shape index (κ1) is 22.5. The van der Waals surface area contributed by atoms with Gasteiger partial charge in [0.15, 0.2) is 23.0 Å². The van der Waals surface area contributed by atoms with Crippen LogP contribution in [-0.4, -0.2) is 20.4 Å². The summed E-state index contributed by atoms with van der Waals surface area (Å²) in [6.07, 6.45) is 6.51. The fourth-order valence-electron chi connectivity index (χ4n) is 4.02. The SMILES string of the molecule is CCCCCCC(C)c1cc2c(=O)c(O)c(-c3cc(O)c(O)c(O)c3)oc2cc1CC. The van der Waals surface area contributed by atoms with Crippen LogP contribution in [0, 0.1) is 0 Å². The molecule has 0 aliphatic rings. The van der Waals surface area contributed by atoms with Gasteiger partial charge in [-0.2, -0.15) is 0 Å². The lowest BCUT2D eigenvalue weighted by atomic mass is 9.89. The first-order valence-electron chi connectivity index (χ1n) is 10.9. The summed E-state index contributed by atoms with van der Waals surface area (Å²) in [5, 5.41) is 40.0. The van der Waals surface area contributed by atoms with Gasteiger partial charge in [-0.15, -0.1) is 0 Å². The van der Waals surface area contributed by atoms with Crippen molar-refractivity contribution >= 4 is 11.0 Å². The summed E-state index contributed by atoms with van der Waals surface area (Å²) in [7, 11) is 0. The van der Waals surface area contributed by atoms with Gasteiger partial charge in [-0.1, -0.05) is 46.5 Å². The summed E-state index contributed by atoms with van der Waals surface area (Å²) in [5.74, 6) is -2.36. The summed E-state index contributed by atoms with van der Waals surface area (Å²) in [6, 6.07) is 5.89. The molecule has 0 saturated heterocycles. The number of aryl methyl sites for hydroxylation is 1. The Balaban J connectivity index is 2.10. The van der Waals surface area contributed by atoms with Crippen LogP contribution in [0.15, 0.2) is 33.5 Å². The number of phenolic OH excluding ortho intramolecular Hbond substituents is 3. The molecule has 0 spiro atoms. The normalized spacial score (nSPS) is 12.4. The number of unbranched alkanes of at least 4 members (excludes halogenated alkanes) is 3. The number of hydrogen-bond acceptors (Lipinski definition) is 6. The lowest BCUT2D eigenvalue weighted by Crippen LogP contribution is -2.06. The second kappa shape index (κ2) is 9.33. The molecule has 6 heteroatoms. The van der Waals surface area contributed by atoms with Gasteiger partial charge < -0.3 is 24.8 Å². The molecular formula is C25H30O6. The van der Waals surface area contributed by atoms with Crippen molar-refractivity contribution in [2.24, 2.45) is 0 Å². The predicted molar refractivity (Wildman–Crippen MR) is 121 cm³/mol. The topological polar surface area (TPSA) is 111 Å². The minimum absolute atomic E-state index is 0.0794. The van der Waals surface area contributed by atoms with E-state index < -0.39 is 28.4 Å². The molecule has 3 aromatic rings. The highest BCUT2D eigenvalue weighted by Gasteiger charge is 2.21. The van der Waals surface area contributed by atoms with Gasteiger partial charge in [0.2, 0.25) is 11.2 Å². The molecule has 0 radical (unpaired) electrons. The number of hydrogen-bond donors (Lipinski definition) is 4. The highest BCUT2D eigenvalue weighted by Crippen LogP contribution is 2.41. The van der Waals surface area contributed by atoms with Crippen LogP contribution in [0.5, 0.6) is 23.0 Å². The number of benzene rings is 2. The fourth-order valence-corrected chi connectivity index (χ4v) is 4.02. The zero-order valence-electron chi connectivity index (χ0n) is 18.2. The van der Waals surface area contributed by atoms with E-state index in [1.165, 1.54) is 19.3 Å². The van der Waals surface area contributed by atoms with E-state index in [9.17, 15) is 25.2 Å². The van der Waals surface area contributed by atoms with E-state index in [1.807, 2.05) is 19.1 Å². The van der Waals surface area contributed by atoms with Crippen molar-refractivity contribution in [2.75, 3.05) is 0 Å². The van der Waals surface area contributed by atoms with E-state index >= 15 is 0 Å². The second-order valence-corrected chi connectivity index (χ2v) is 8.12. The van der Waals surface area contributed by atoms with Crippen LogP contribution in [0.2, 0.25) is 0 Å². The molecule has 0 fully saturated rings. The van der Waals surface area contributed by atoms with Crippen LogP contribution in [0.25, 0.3) is 22.3 Å². The van der Waals surface area contributed by atoms with E-state index in [1.54, 1.807) is 0 Å². The lowest BCUT2D eigenvalue weighted by Gasteiger charge is -2.17. The molecule has 0 amide bonds. The van der Waals surface area contributed by atoms with E-state index in [0.29, 0.717) is 11.0 Å². The molecule has 31 heavy (non-hydrogen) atoms. The summed E-state index contributed by atoms with van der Waals surface area (Å²) < 4.78 is 5.85. The quantitative estimate of drug-likeness (QED) is 0.263. The first-order valence-corrected chi connectivity index (χ1v) is 10.9. The van der Waals surface area contributed by atoms with Crippen LogP contribution in [0.3, 0.4) is 0 Å². The largest absolute Gasteiger partial charge is 0.504 e. The van der Waals surface area contributed by atoms with Gasteiger partial charge in [-0.05, 0) is 54.2 Å². The zero-order valence-corrected chi connectivity index (χ0v) is 18.2. The molecule has 1 aromatic heterocycles. The molecule has 0 aliphatic heterocycles. The van der Waals surface area contributed by atoms with Crippen LogP contribution >= 0.6 is 0 Å². The molecule has 0 aliphatic carbocycles. The Bertz CT molecular complexity index is 1120. The van der Waals surface area contributed by atoms with Gasteiger partial charge in [0.05, 0.1) is 5.39 Å². The summed E-state index contributed by atoms with van der Waals surface area (Å²) in [6.45, 7) is 6.39. The molecular weight excluding hydrogens is 396 g/mol. The fraction of sp³-hybridized carbons (Fsp3) is 0.400. The predicted octanol–water partition coefficient (Wildman–Crippen LogP) is 5.92. The minimum atomic E-state index is -0.683. The average molecular weight is 427 g/mol. The Labute approximate surface area is 181 Å². The van der Waals surface area contributed by atoms with E-state index in [0.717, 1.165) is 42.5 Å². The van der Waals surface area contributed by atoms with Crippen LogP contribution in [-0.2, 0) is 6.42 Å². The molecule has 1 unspecified atom stereocenters. The maximum atomic E-state index is 12.9. The van der Waals surface area contributed by atoms with Crippen molar-refractivity contribution in [3.63, 3.8) is 0 Å². The Morgan fingerprint density at radius 2 is 1.58 bits per heavy atom. The average Bonchev–Trinajstić information content (AvgIpc) is 2.76. The number of aromatic hydroxyl groups is 4. The Morgan fingerprint density at radius 3 is 2.19 bits per heavy atom. The first-order chi connectivity index (χ1) is 14.8. The van der Waals surface area contributed by atoms with Crippen LogP contribution < -0.4 is 5.43 Å². The lowest BCUT2D eigenvalue weighted by molar-refractivity contribution is 0.368. The van der Waals surface area contributed by atoms with Gasteiger partial charge in [-0.3, -0.25) is 4.79 Å². The third kappa shape index (κ3) is 4.48. The number of phenols is 3. The Kier molecular flexibility index (Phi) is 6.78. The summed E-state index contributed by atoms with van der Waals surface area (Å²) >= 11 is 0. The van der Waals surface area contributed by atoms with Crippen molar-refractivity contribution < 1.29 is 24.8 Å². The highest BCUT2D eigenvalue weighted by molar-refractivity contribution is 5.84. The van der Waals surface area contributed by atoms with Crippen molar-refractivity contribution in [1.29, 1.82) is 0 Å².